The van der Waals surface area contributed by atoms with Crippen LogP contribution in [0.3, 0.4) is 0 Å². The Balaban J connectivity index is 2.10. The molecule has 0 radical (unpaired) electrons. The summed E-state index contributed by atoms with van der Waals surface area (Å²) in [4.78, 5) is 0. The summed E-state index contributed by atoms with van der Waals surface area (Å²) in [6, 6.07) is 0. The number of oxime groups is 1. The standard InChI is InChI=1S/C11H23N3O2/c12-10(14-16)5-1-4-8-13-11(9-15)6-2-3-7-11/h13,15-16H,1-9H2,(H2,12,14). The van der Waals surface area contributed by atoms with Gasteiger partial charge in [0.25, 0.3) is 0 Å². The van der Waals surface area contributed by atoms with E-state index >= 15 is 0 Å². The number of nitrogens with zero attached hydrogens (tertiary/aromatic N) is 1. The lowest BCUT2D eigenvalue weighted by molar-refractivity contribution is 0.164. The molecular formula is C11H23N3O2. The van der Waals surface area contributed by atoms with Crippen molar-refractivity contribution in [1.82, 2.24) is 5.32 Å². The smallest absolute Gasteiger partial charge is 0.139 e. The minimum absolute atomic E-state index is 0.0311. The molecule has 1 aliphatic carbocycles. The molecule has 0 atom stereocenters. The SMILES string of the molecule is NC(CCCCNC1(CO)CCCC1)=NO. The third-order valence-electron chi connectivity index (χ3n) is 3.35. The highest BCUT2D eigenvalue weighted by Crippen LogP contribution is 2.28. The minimum atomic E-state index is -0.0311. The van der Waals surface area contributed by atoms with Crippen molar-refractivity contribution in [2.45, 2.75) is 50.5 Å². The van der Waals surface area contributed by atoms with Crippen molar-refractivity contribution in [3.63, 3.8) is 0 Å². The van der Waals surface area contributed by atoms with E-state index in [0.717, 1.165) is 32.2 Å². The van der Waals surface area contributed by atoms with E-state index in [1.807, 2.05) is 0 Å². The number of amidine groups is 1. The van der Waals surface area contributed by atoms with Gasteiger partial charge in [0.05, 0.1) is 6.61 Å². The second-order valence-corrected chi connectivity index (χ2v) is 4.62. The minimum Gasteiger partial charge on any atom is -0.409 e. The van der Waals surface area contributed by atoms with Crippen molar-refractivity contribution in [1.29, 1.82) is 0 Å². The Labute approximate surface area is 96.7 Å². The van der Waals surface area contributed by atoms with Gasteiger partial charge >= 0.3 is 0 Å². The highest BCUT2D eigenvalue weighted by atomic mass is 16.4. The Morgan fingerprint density at radius 1 is 1.31 bits per heavy atom. The summed E-state index contributed by atoms with van der Waals surface area (Å²) >= 11 is 0. The first kappa shape index (κ1) is 13.3. The molecule has 16 heavy (non-hydrogen) atoms. The maximum absolute atomic E-state index is 9.36. The summed E-state index contributed by atoms with van der Waals surface area (Å²) in [5, 5.41) is 24.1. The van der Waals surface area contributed by atoms with Crippen molar-refractivity contribution in [3.8, 4) is 0 Å². The fourth-order valence-corrected chi connectivity index (χ4v) is 2.28. The van der Waals surface area contributed by atoms with E-state index in [0.29, 0.717) is 6.42 Å². The monoisotopic (exact) mass is 229 g/mol. The fourth-order valence-electron chi connectivity index (χ4n) is 2.28. The van der Waals surface area contributed by atoms with Crippen LogP contribution in [-0.4, -0.2) is 34.8 Å². The van der Waals surface area contributed by atoms with Crippen LogP contribution in [0.2, 0.25) is 0 Å². The van der Waals surface area contributed by atoms with Gasteiger partial charge in [-0.15, -0.1) is 0 Å². The summed E-state index contributed by atoms with van der Waals surface area (Å²) in [5.41, 5.74) is 5.34. The molecular weight excluding hydrogens is 206 g/mol. The molecule has 94 valence electrons. The molecule has 0 heterocycles. The Hall–Kier alpha value is -0.810. The van der Waals surface area contributed by atoms with Crippen LogP contribution in [0.4, 0.5) is 0 Å². The molecule has 1 aliphatic rings. The molecule has 0 unspecified atom stereocenters. The molecule has 1 saturated carbocycles. The second-order valence-electron chi connectivity index (χ2n) is 4.62. The first-order valence-corrected chi connectivity index (χ1v) is 6.05. The predicted molar refractivity (Wildman–Crippen MR) is 63.5 cm³/mol. The van der Waals surface area contributed by atoms with Gasteiger partial charge in [0.2, 0.25) is 0 Å². The lowest BCUT2D eigenvalue weighted by Crippen LogP contribution is -2.46. The van der Waals surface area contributed by atoms with E-state index in [1.165, 1.54) is 12.8 Å². The van der Waals surface area contributed by atoms with Crippen LogP contribution in [0, 0.1) is 0 Å². The summed E-state index contributed by atoms with van der Waals surface area (Å²) in [5.74, 6) is 0.290. The van der Waals surface area contributed by atoms with Gasteiger partial charge in [-0.05, 0) is 32.2 Å². The van der Waals surface area contributed by atoms with E-state index in [4.69, 9.17) is 10.9 Å². The molecule has 0 saturated heterocycles. The van der Waals surface area contributed by atoms with Crippen molar-refractivity contribution in [3.05, 3.63) is 0 Å². The Morgan fingerprint density at radius 2 is 2.00 bits per heavy atom. The normalized spacial score (nSPS) is 20.2. The average molecular weight is 229 g/mol. The van der Waals surface area contributed by atoms with Gasteiger partial charge in [-0.2, -0.15) is 0 Å². The zero-order valence-corrected chi connectivity index (χ0v) is 9.78. The molecule has 0 bridgehead atoms. The molecule has 0 spiro atoms. The highest BCUT2D eigenvalue weighted by Gasteiger charge is 2.31. The van der Waals surface area contributed by atoms with E-state index in [1.54, 1.807) is 0 Å². The third kappa shape index (κ3) is 3.98. The molecule has 5 N–H and O–H groups in total. The topological polar surface area (TPSA) is 90.9 Å². The van der Waals surface area contributed by atoms with Crippen molar-refractivity contribution in [2.24, 2.45) is 10.9 Å². The number of nitrogens with one attached hydrogen (secondary N) is 1. The van der Waals surface area contributed by atoms with Crippen LogP contribution in [0.1, 0.15) is 44.9 Å². The number of rotatable bonds is 7. The van der Waals surface area contributed by atoms with Gasteiger partial charge in [-0.3, -0.25) is 0 Å². The average Bonchev–Trinajstić information content (AvgIpc) is 2.77. The first-order chi connectivity index (χ1) is 7.72. The van der Waals surface area contributed by atoms with Gasteiger partial charge in [0.1, 0.15) is 5.84 Å². The summed E-state index contributed by atoms with van der Waals surface area (Å²) in [6.45, 7) is 1.12. The molecule has 1 rings (SSSR count). The summed E-state index contributed by atoms with van der Waals surface area (Å²) in [7, 11) is 0. The van der Waals surface area contributed by atoms with Crippen LogP contribution < -0.4 is 11.1 Å². The largest absolute Gasteiger partial charge is 0.409 e. The molecule has 0 aromatic rings. The first-order valence-electron chi connectivity index (χ1n) is 6.05. The number of aliphatic hydroxyl groups is 1. The number of hydrogen-bond acceptors (Lipinski definition) is 4. The Bertz CT molecular complexity index is 225. The zero-order valence-electron chi connectivity index (χ0n) is 9.78. The molecule has 0 aromatic heterocycles. The number of unbranched alkanes of at least 4 members (excludes halogenated alkanes) is 1. The van der Waals surface area contributed by atoms with Crippen LogP contribution in [-0.2, 0) is 0 Å². The molecule has 1 fully saturated rings. The number of nitrogens with two attached hydrogens (primary N) is 1. The Kier molecular flexibility index (Phi) is 5.55. The molecule has 5 nitrogen and oxygen atoms in total. The third-order valence-corrected chi connectivity index (χ3v) is 3.35. The van der Waals surface area contributed by atoms with Crippen molar-refractivity contribution in [2.75, 3.05) is 13.2 Å². The van der Waals surface area contributed by atoms with Gasteiger partial charge in [-0.25, -0.2) is 0 Å². The number of aliphatic hydroxyl groups excluding tert-OH is 1. The lowest BCUT2D eigenvalue weighted by Gasteiger charge is -2.28. The Morgan fingerprint density at radius 3 is 2.56 bits per heavy atom. The van der Waals surface area contributed by atoms with Gasteiger partial charge in [0.15, 0.2) is 0 Å². The van der Waals surface area contributed by atoms with Crippen molar-refractivity contribution < 1.29 is 10.3 Å². The van der Waals surface area contributed by atoms with E-state index in [-0.39, 0.29) is 18.0 Å². The zero-order chi connectivity index (χ0) is 11.9. The van der Waals surface area contributed by atoms with Crippen molar-refractivity contribution >= 4 is 5.84 Å². The highest BCUT2D eigenvalue weighted by molar-refractivity contribution is 5.79. The summed E-state index contributed by atoms with van der Waals surface area (Å²) in [6.07, 6.45) is 7.08. The second kappa shape index (κ2) is 6.70. The lowest BCUT2D eigenvalue weighted by atomic mass is 9.99. The predicted octanol–water partition coefficient (Wildman–Crippen LogP) is 0.798. The van der Waals surface area contributed by atoms with Crippen LogP contribution in [0.25, 0.3) is 0 Å². The molecule has 5 heteroatoms. The number of hydrogen-bond donors (Lipinski definition) is 4. The van der Waals surface area contributed by atoms with Crippen LogP contribution in [0.15, 0.2) is 5.16 Å². The van der Waals surface area contributed by atoms with E-state index in [9.17, 15) is 5.11 Å². The van der Waals surface area contributed by atoms with Gasteiger partial charge in [0, 0.05) is 12.0 Å². The fraction of sp³-hybridized carbons (Fsp3) is 0.909. The summed E-state index contributed by atoms with van der Waals surface area (Å²) < 4.78 is 0. The van der Waals surface area contributed by atoms with E-state index < -0.39 is 0 Å². The van der Waals surface area contributed by atoms with Gasteiger partial charge < -0.3 is 21.4 Å². The molecule has 0 amide bonds. The van der Waals surface area contributed by atoms with Crippen LogP contribution >= 0.6 is 0 Å². The molecule has 0 aliphatic heterocycles. The van der Waals surface area contributed by atoms with Gasteiger partial charge in [-0.1, -0.05) is 18.0 Å². The maximum atomic E-state index is 9.36. The maximum Gasteiger partial charge on any atom is 0.139 e. The quantitative estimate of drug-likeness (QED) is 0.171. The molecule has 0 aromatic carbocycles. The van der Waals surface area contributed by atoms with E-state index in [2.05, 4.69) is 10.5 Å². The van der Waals surface area contributed by atoms with Crippen LogP contribution in [0.5, 0.6) is 0 Å².